The lowest BCUT2D eigenvalue weighted by Crippen LogP contribution is -2.40. The van der Waals surface area contributed by atoms with Gasteiger partial charge in [0.15, 0.2) is 0 Å². The van der Waals surface area contributed by atoms with Gasteiger partial charge < -0.3 is 9.64 Å². The van der Waals surface area contributed by atoms with Crippen LogP contribution in [0.3, 0.4) is 0 Å². The molecule has 2 rings (SSSR count). The lowest BCUT2D eigenvalue weighted by molar-refractivity contribution is -0.128. The highest BCUT2D eigenvalue weighted by Gasteiger charge is 2.21. The van der Waals surface area contributed by atoms with Crippen LogP contribution in [-0.2, 0) is 16.0 Å². The summed E-state index contributed by atoms with van der Waals surface area (Å²) in [5, 5.41) is 0. The molecule has 0 saturated carbocycles. The number of rotatable bonds is 7. The van der Waals surface area contributed by atoms with Crippen LogP contribution in [0.5, 0.6) is 0 Å². The molecular weight excluding hydrogens is 274 g/mol. The fourth-order valence-electron chi connectivity index (χ4n) is 2.40. The minimum absolute atomic E-state index is 0.00369. The van der Waals surface area contributed by atoms with Crippen LogP contribution < -0.4 is 4.90 Å². The number of amides is 1. The second-order valence-electron chi connectivity index (χ2n) is 5.16. The van der Waals surface area contributed by atoms with E-state index in [0.717, 1.165) is 12.1 Å². The molecule has 0 fully saturated rings. The quantitative estimate of drug-likeness (QED) is 0.780. The minimum Gasteiger partial charge on any atom is -0.369 e. The zero-order valence-corrected chi connectivity index (χ0v) is 13.2. The summed E-state index contributed by atoms with van der Waals surface area (Å²) in [5.41, 5.74) is 2.13. The molecule has 0 N–H and O–H groups in total. The number of carbonyl (C=O) groups is 1. The van der Waals surface area contributed by atoms with E-state index in [2.05, 4.69) is 12.1 Å². The number of hydrogen-bond donors (Lipinski definition) is 0. The lowest BCUT2D eigenvalue weighted by atomic mass is 10.1. The van der Waals surface area contributed by atoms with Crippen LogP contribution in [-0.4, -0.2) is 25.2 Å². The Balaban J connectivity index is 2.13. The van der Waals surface area contributed by atoms with Gasteiger partial charge in [-0.15, -0.1) is 0 Å². The van der Waals surface area contributed by atoms with Crippen LogP contribution >= 0.6 is 0 Å². The first-order chi connectivity index (χ1) is 10.7. The number of para-hydroxylation sites is 1. The summed E-state index contributed by atoms with van der Waals surface area (Å²) in [4.78, 5) is 14.5. The van der Waals surface area contributed by atoms with E-state index in [1.165, 1.54) is 5.56 Å². The maximum Gasteiger partial charge on any atom is 0.255 e. The van der Waals surface area contributed by atoms with Crippen molar-refractivity contribution in [3.63, 3.8) is 0 Å². The average Bonchev–Trinajstić information content (AvgIpc) is 2.57. The molecule has 0 radical (unpaired) electrons. The number of anilines is 1. The summed E-state index contributed by atoms with van der Waals surface area (Å²) in [6.45, 7) is 4.89. The van der Waals surface area contributed by atoms with Gasteiger partial charge in [0.25, 0.3) is 5.91 Å². The Hall–Kier alpha value is -2.13. The van der Waals surface area contributed by atoms with E-state index in [9.17, 15) is 4.79 Å². The van der Waals surface area contributed by atoms with Crippen LogP contribution in [0.2, 0.25) is 0 Å². The summed E-state index contributed by atoms with van der Waals surface area (Å²) in [6.07, 6.45) is 0.390. The topological polar surface area (TPSA) is 29.5 Å². The van der Waals surface area contributed by atoms with Crippen molar-refractivity contribution in [3.8, 4) is 0 Å². The van der Waals surface area contributed by atoms with Crippen LogP contribution in [0.15, 0.2) is 60.7 Å². The molecule has 0 heterocycles. The minimum atomic E-state index is -0.430. The van der Waals surface area contributed by atoms with Gasteiger partial charge in [0.1, 0.15) is 6.10 Å². The molecule has 2 aromatic rings. The number of nitrogens with zero attached hydrogens (tertiary/aromatic N) is 1. The van der Waals surface area contributed by atoms with Gasteiger partial charge in [0.2, 0.25) is 0 Å². The molecule has 1 amide bonds. The molecule has 1 unspecified atom stereocenters. The van der Waals surface area contributed by atoms with Gasteiger partial charge in [-0.05, 0) is 38.0 Å². The summed E-state index contributed by atoms with van der Waals surface area (Å²) in [6, 6.07) is 20.0. The van der Waals surface area contributed by atoms with E-state index in [0.29, 0.717) is 13.2 Å². The highest BCUT2D eigenvalue weighted by molar-refractivity contribution is 5.96. The molecule has 0 spiro atoms. The van der Waals surface area contributed by atoms with E-state index in [4.69, 9.17) is 4.74 Å². The Morgan fingerprint density at radius 2 is 1.64 bits per heavy atom. The van der Waals surface area contributed by atoms with Gasteiger partial charge in [-0.1, -0.05) is 48.5 Å². The van der Waals surface area contributed by atoms with E-state index in [1.54, 1.807) is 0 Å². The molecule has 0 bridgehead atoms. The highest BCUT2D eigenvalue weighted by atomic mass is 16.5. The van der Waals surface area contributed by atoms with Gasteiger partial charge in [-0.2, -0.15) is 0 Å². The summed E-state index contributed by atoms with van der Waals surface area (Å²) >= 11 is 0. The van der Waals surface area contributed by atoms with Crippen molar-refractivity contribution in [2.24, 2.45) is 0 Å². The second kappa shape index (κ2) is 8.35. The molecule has 0 saturated heterocycles. The first-order valence-corrected chi connectivity index (χ1v) is 7.74. The Morgan fingerprint density at radius 3 is 2.23 bits per heavy atom. The molecule has 0 aliphatic heterocycles. The van der Waals surface area contributed by atoms with E-state index in [1.807, 2.05) is 67.3 Å². The molecule has 0 aliphatic carbocycles. The number of carbonyl (C=O) groups excluding carboxylic acids is 1. The number of ether oxygens (including phenoxy) is 1. The maximum absolute atomic E-state index is 12.7. The van der Waals surface area contributed by atoms with Crippen molar-refractivity contribution in [2.75, 3.05) is 18.1 Å². The Kier molecular flexibility index (Phi) is 6.16. The molecule has 22 heavy (non-hydrogen) atoms. The summed E-state index contributed by atoms with van der Waals surface area (Å²) in [7, 11) is 0. The molecule has 0 aliphatic rings. The van der Waals surface area contributed by atoms with E-state index < -0.39 is 6.10 Å². The Labute approximate surface area is 132 Å². The van der Waals surface area contributed by atoms with Crippen molar-refractivity contribution in [3.05, 3.63) is 66.2 Å². The fourth-order valence-corrected chi connectivity index (χ4v) is 2.40. The van der Waals surface area contributed by atoms with Gasteiger partial charge in [-0.25, -0.2) is 0 Å². The third-order valence-corrected chi connectivity index (χ3v) is 3.57. The number of hydrogen-bond acceptors (Lipinski definition) is 2. The first kappa shape index (κ1) is 16.2. The number of benzene rings is 2. The van der Waals surface area contributed by atoms with Crippen molar-refractivity contribution < 1.29 is 9.53 Å². The van der Waals surface area contributed by atoms with Crippen LogP contribution in [0, 0.1) is 0 Å². The molecule has 3 nitrogen and oxygen atoms in total. The van der Waals surface area contributed by atoms with Crippen molar-refractivity contribution >= 4 is 11.6 Å². The standard InChI is InChI=1S/C19H23NO2/c1-3-22-16(2)19(21)20(18-12-8-5-9-13-18)15-14-17-10-6-4-7-11-17/h4-13,16H,3,14-15H2,1-2H3. The molecule has 0 aromatic heterocycles. The van der Waals surface area contributed by atoms with E-state index >= 15 is 0 Å². The van der Waals surface area contributed by atoms with E-state index in [-0.39, 0.29) is 5.91 Å². The zero-order chi connectivity index (χ0) is 15.8. The third kappa shape index (κ3) is 4.43. The summed E-state index contributed by atoms with van der Waals surface area (Å²) in [5.74, 6) is 0.00369. The van der Waals surface area contributed by atoms with Crippen molar-refractivity contribution in [2.45, 2.75) is 26.4 Å². The van der Waals surface area contributed by atoms with Crippen LogP contribution in [0.25, 0.3) is 0 Å². The van der Waals surface area contributed by atoms with Crippen LogP contribution in [0.4, 0.5) is 5.69 Å². The average molecular weight is 297 g/mol. The molecule has 116 valence electrons. The predicted molar refractivity (Wildman–Crippen MR) is 90.0 cm³/mol. The predicted octanol–water partition coefficient (Wildman–Crippen LogP) is 3.69. The molecular formula is C19H23NO2. The normalized spacial score (nSPS) is 11.9. The summed E-state index contributed by atoms with van der Waals surface area (Å²) < 4.78 is 5.47. The largest absolute Gasteiger partial charge is 0.369 e. The molecule has 3 heteroatoms. The SMILES string of the molecule is CCOC(C)C(=O)N(CCc1ccccc1)c1ccccc1. The molecule has 2 aromatic carbocycles. The first-order valence-electron chi connectivity index (χ1n) is 7.74. The van der Waals surface area contributed by atoms with Gasteiger partial charge in [0, 0.05) is 18.8 Å². The second-order valence-corrected chi connectivity index (χ2v) is 5.16. The third-order valence-electron chi connectivity index (χ3n) is 3.57. The highest BCUT2D eigenvalue weighted by Crippen LogP contribution is 2.16. The van der Waals surface area contributed by atoms with Crippen molar-refractivity contribution in [1.29, 1.82) is 0 Å². The maximum atomic E-state index is 12.7. The molecule has 1 atom stereocenters. The van der Waals surface area contributed by atoms with Crippen LogP contribution in [0.1, 0.15) is 19.4 Å². The lowest BCUT2D eigenvalue weighted by Gasteiger charge is -2.26. The van der Waals surface area contributed by atoms with Gasteiger partial charge in [0.05, 0.1) is 0 Å². The van der Waals surface area contributed by atoms with Gasteiger partial charge in [-0.3, -0.25) is 4.79 Å². The Morgan fingerprint density at radius 1 is 1.05 bits per heavy atom. The Bertz CT molecular complexity index is 569. The van der Waals surface area contributed by atoms with Crippen molar-refractivity contribution in [1.82, 2.24) is 0 Å². The zero-order valence-electron chi connectivity index (χ0n) is 13.2. The fraction of sp³-hybridized carbons (Fsp3) is 0.316. The van der Waals surface area contributed by atoms with Gasteiger partial charge >= 0.3 is 0 Å². The smallest absolute Gasteiger partial charge is 0.255 e. The monoisotopic (exact) mass is 297 g/mol.